The molecule has 0 spiro atoms. The number of hydrogen-bond acceptors (Lipinski definition) is 6. The van der Waals surface area contributed by atoms with Gasteiger partial charge in [-0.05, 0) is 32.4 Å². The van der Waals surface area contributed by atoms with E-state index in [1.165, 1.54) is 21.6 Å². The summed E-state index contributed by atoms with van der Waals surface area (Å²) in [6.07, 6.45) is 0. The zero-order valence-corrected chi connectivity index (χ0v) is 18.5. The van der Waals surface area contributed by atoms with Gasteiger partial charge in [-0.2, -0.15) is 4.31 Å². The molecule has 3 rings (SSSR count). The molecule has 1 aromatic heterocycles. The summed E-state index contributed by atoms with van der Waals surface area (Å²) in [6.45, 7) is 6.80. The number of sulfonamides is 1. The highest BCUT2D eigenvalue weighted by Gasteiger charge is 2.32. The number of carbonyl (C=O) groups is 1. The zero-order chi connectivity index (χ0) is 20.5. The smallest absolute Gasteiger partial charge is 0.305 e. The first-order chi connectivity index (χ1) is 13.2. The summed E-state index contributed by atoms with van der Waals surface area (Å²) < 4.78 is 26.9. The Morgan fingerprint density at radius 2 is 1.86 bits per heavy atom. The van der Waals surface area contributed by atoms with Crippen molar-refractivity contribution in [1.29, 1.82) is 0 Å². The molecule has 7 nitrogen and oxygen atoms in total. The lowest BCUT2D eigenvalue weighted by Crippen LogP contribution is -2.50. The first kappa shape index (κ1) is 21.1. The van der Waals surface area contributed by atoms with Gasteiger partial charge in [0.05, 0.1) is 5.75 Å². The third kappa shape index (κ3) is 4.51. The molecule has 0 bridgehead atoms. The van der Waals surface area contributed by atoms with Crippen molar-refractivity contribution in [2.45, 2.75) is 29.9 Å². The van der Waals surface area contributed by atoms with Gasteiger partial charge < -0.3 is 9.88 Å². The fraction of sp³-hybridized carbons (Fsp3) is 0.444. The first-order valence-electron chi connectivity index (χ1n) is 8.86. The van der Waals surface area contributed by atoms with Crippen LogP contribution in [0.25, 0.3) is 0 Å². The van der Waals surface area contributed by atoms with E-state index in [4.69, 9.17) is 0 Å². The van der Waals surface area contributed by atoms with Crippen molar-refractivity contribution < 1.29 is 13.2 Å². The molecule has 1 saturated heterocycles. The maximum Gasteiger partial charge on any atom is 0.305 e. The number of amides is 1. The number of thiazole rings is 1. The van der Waals surface area contributed by atoms with Crippen LogP contribution in [0.3, 0.4) is 0 Å². The minimum atomic E-state index is -3.71. The van der Waals surface area contributed by atoms with E-state index in [0.717, 1.165) is 10.5 Å². The van der Waals surface area contributed by atoms with Gasteiger partial charge in [0, 0.05) is 36.8 Å². The Bertz CT molecular complexity index is 1030. The molecule has 1 N–H and O–H groups in total. The van der Waals surface area contributed by atoms with Crippen molar-refractivity contribution in [1.82, 2.24) is 14.2 Å². The fourth-order valence-electron chi connectivity index (χ4n) is 3.12. The van der Waals surface area contributed by atoms with E-state index in [0.29, 0.717) is 35.9 Å². The highest BCUT2D eigenvalue weighted by Crippen LogP contribution is 2.25. The number of aromatic nitrogens is 1. The van der Waals surface area contributed by atoms with Gasteiger partial charge in [0.2, 0.25) is 5.91 Å². The number of nitrogens with zero attached hydrogens (tertiary/aromatic N) is 2. The molecular weight excluding hydrogens is 418 g/mol. The fourth-order valence-corrected chi connectivity index (χ4v) is 6.89. The molecule has 1 fully saturated rings. The summed E-state index contributed by atoms with van der Waals surface area (Å²) in [5.41, 5.74) is 2.70. The predicted molar refractivity (Wildman–Crippen MR) is 112 cm³/mol. The summed E-state index contributed by atoms with van der Waals surface area (Å²) in [4.78, 5) is 28.9. The van der Waals surface area contributed by atoms with Gasteiger partial charge >= 0.3 is 4.87 Å². The van der Waals surface area contributed by atoms with Crippen LogP contribution in [0, 0.1) is 20.8 Å². The summed E-state index contributed by atoms with van der Waals surface area (Å²) in [5.74, 6) is 0.333. The van der Waals surface area contributed by atoms with Crippen molar-refractivity contribution in [3.63, 3.8) is 0 Å². The third-order valence-electron chi connectivity index (χ3n) is 4.63. The first-order valence-corrected chi connectivity index (χ1v) is 12.1. The van der Waals surface area contributed by atoms with Crippen LogP contribution in [-0.2, 0) is 14.8 Å². The van der Waals surface area contributed by atoms with Crippen LogP contribution >= 0.6 is 23.1 Å². The van der Waals surface area contributed by atoms with Gasteiger partial charge in [-0.3, -0.25) is 9.59 Å². The molecule has 0 radical (unpaired) electrons. The maximum absolute atomic E-state index is 12.7. The summed E-state index contributed by atoms with van der Waals surface area (Å²) >= 11 is 2.21. The largest absolute Gasteiger partial charge is 0.339 e. The maximum atomic E-state index is 12.7. The third-order valence-corrected chi connectivity index (χ3v) is 9.27. The van der Waals surface area contributed by atoms with Crippen LogP contribution in [0.1, 0.15) is 16.8 Å². The average molecular weight is 442 g/mol. The summed E-state index contributed by atoms with van der Waals surface area (Å²) in [7, 11) is -3.71. The van der Waals surface area contributed by atoms with Crippen molar-refractivity contribution in [2.24, 2.45) is 0 Å². The molecule has 1 aliphatic heterocycles. The molecule has 0 unspecified atom stereocenters. The molecule has 2 aromatic rings. The normalized spacial score (nSPS) is 15.8. The number of rotatable bonds is 5. The molecule has 0 atom stereocenters. The minimum absolute atomic E-state index is 0.00417. The van der Waals surface area contributed by atoms with E-state index < -0.39 is 10.0 Å². The lowest BCUT2D eigenvalue weighted by atomic mass is 10.2. The Kier molecular flexibility index (Phi) is 6.33. The molecule has 2 heterocycles. The van der Waals surface area contributed by atoms with Crippen LogP contribution in [0.15, 0.2) is 32.1 Å². The Hall–Kier alpha value is -1.62. The predicted octanol–water partition coefficient (Wildman–Crippen LogP) is 1.99. The highest BCUT2D eigenvalue weighted by atomic mass is 32.2. The van der Waals surface area contributed by atoms with E-state index >= 15 is 0 Å². The lowest BCUT2D eigenvalue weighted by Gasteiger charge is -2.33. The van der Waals surface area contributed by atoms with Gasteiger partial charge in [-0.1, -0.05) is 29.0 Å². The minimum Gasteiger partial charge on any atom is -0.339 e. The molecule has 0 saturated carbocycles. The number of thioether (sulfide) groups is 1. The van der Waals surface area contributed by atoms with Crippen molar-refractivity contribution in [3.05, 3.63) is 44.7 Å². The van der Waals surface area contributed by atoms with Gasteiger partial charge in [0.1, 0.15) is 0 Å². The number of hydrogen-bond donors (Lipinski definition) is 1. The molecule has 1 amide bonds. The van der Waals surface area contributed by atoms with Gasteiger partial charge in [0.25, 0.3) is 10.0 Å². The van der Waals surface area contributed by atoms with Crippen molar-refractivity contribution in [2.75, 3.05) is 31.9 Å². The average Bonchev–Trinajstić information content (AvgIpc) is 3.00. The second-order valence-electron chi connectivity index (χ2n) is 6.77. The Balaban J connectivity index is 1.58. The van der Waals surface area contributed by atoms with E-state index in [1.807, 2.05) is 26.0 Å². The number of piperazine rings is 1. The highest BCUT2D eigenvalue weighted by molar-refractivity contribution is 8.00. The van der Waals surface area contributed by atoms with Crippen LogP contribution in [0.5, 0.6) is 0 Å². The standard InChI is InChI=1S/C18H23N3O4S3/c1-12-4-5-15(13(2)10-12)26-11-16(22)20-6-8-21(9-7-20)28(24,25)17-14(3)19-18(23)27-17/h4-5,10H,6-9,11H2,1-3H3,(H,19,23). The van der Waals surface area contributed by atoms with E-state index in [-0.39, 0.29) is 28.1 Å². The van der Waals surface area contributed by atoms with Gasteiger partial charge in [0.15, 0.2) is 4.21 Å². The Morgan fingerprint density at radius 1 is 1.18 bits per heavy atom. The van der Waals surface area contributed by atoms with Crippen molar-refractivity contribution >= 4 is 39.0 Å². The van der Waals surface area contributed by atoms with Gasteiger partial charge in [-0.15, -0.1) is 11.8 Å². The molecule has 10 heteroatoms. The number of carbonyl (C=O) groups excluding carboxylic acids is 1. The molecule has 1 aromatic carbocycles. The monoisotopic (exact) mass is 441 g/mol. The number of H-pyrrole nitrogens is 1. The molecule has 1 aliphatic rings. The number of aromatic amines is 1. The second kappa shape index (κ2) is 8.40. The molecule has 28 heavy (non-hydrogen) atoms. The van der Waals surface area contributed by atoms with E-state index in [9.17, 15) is 18.0 Å². The Morgan fingerprint density at radius 3 is 2.43 bits per heavy atom. The lowest BCUT2D eigenvalue weighted by molar-refractivity contribution is -0.129. The molecule has 152 valence electrons. The van der Waals surface area contributed by atoms with Crippen LogP contribution in [0.4, 0.5) is 0 Å². The van der Waals surface area contributed by atoms with E-state index in [2.05, 4.69) is 11.1 Å². The van der Waals surface area contributed by atoms with Crippen LogP contribution < -0.4 is 4.87 Å². The topological polar surface area (TPSA) is 90.6 Å². The van der Waals surface area contributed by atoms with Gasteiger partial charge in [-0.25, -0.2) is 8.42 Å². The molecular formula is C18H23N3O4S3. The van der Waals surface area contributed by atoms with Crippen LogP contribution in [-0.4, -0.2) is 60.4 Å². The number of nitrogens with one attached hydrogen (secondary N) is 1. The number of benzene rings is 1. The SMILES string of the molecule is Cc1ccc(SCC(=O)N2CCN(S(=O)(=O)c3sc(=O)[nH]c3C)CC2)c(C)c1. The Labute approximate surface area is 172 Å². The zero-order valence-electron chi connectivity index (χ0n) is 16.0. The molecule has 0 aliphatic carbocycles. The number of aryl methyl sites for hydroxylation is 3. The van der Waals surface area contributed by atoms with E-state index in [1.54, 1.807) is 11.8 Å². The summed E-state index contributed by atoms with van der Waals surface area (Å²) in [6, 6.07) is 6.15. The van der Waals surface area contributed by atoms with Crippen LogP contribution in [0.2, 0.25) is 0 Å². The van der Waals surface area contributed by atoms with Crippen molar-refractivity contribution in [3.8, 4) is 0 Å². The second-order valence-corrected chi connectivity index (χ2v) is 10.9. The quantitative estimate of drug-likeness (QED) is 0.717. The summed E-state index contributed by atoms with van der Waals surface area (Å²) in [5, 5.41) is 0.